The summed E-state index contributed by atoms with van der Waals surface area (Å²) in [7, 11) is 1.59. The molecule has 1 heterocycles. The van der Waals surface area contributed by atoms with Crippen LogP contribution in [0.15, 0.2) is 24.3 Å². The third kappa shape index (κ3) is 2.34. The van der Waals surface area contributed by atoms with Gasteiger partial charge in [0.05, 0.1) is 24.1 Å². The predicted molar refractivity (Wildman–Crippen MR) is 74.9 cm³/mol. The smallest absolute Gasteiger partial charge is 0.180 e. The second-order valence-electron chi connectivity index (χ2n) is 4.53. The molecule has 0 N–H and O–H groups in total. The summed E-state index contributed by atoms with van der Waals surface area (Å²) in [6.07, 6.45) is 0. The maximum Gasteiger partial charge on any atom is 0.180 e. The largest absolute Gasteiger partial charge is 0.497 e. The average molecular weight is 272 g/mol. The number of ketones is 2. The van der Waals surface area contributed by atoms with Gasteiger partial charge in [-0.05, 0) is 38.1 Å². The molecule has 0 aliphatic heterocycles. The Bertz CT molecular complexity index is 669. The minimum absolute atomic E-state index is 0.160. The molecule has 2 rings (SSSR count). The minimum Gasteiger partial charge on any atom is -0.497 e. The van der Waals surface area contributed by atoms with Crippen molar-refractivity contribution in [1.29, 1.82) is 0 Å². The van der Waals surface area contributed by atoms with E-state index < -0.39 is 0 Å². The molecule has 2 aromatic rings. The summed E-state index contributed by atoms with van der Waals surface area (Å²) >= 11 is 0. The standard InChI is InChI=1S/C15H16N2O3/c1-9-14(10(2)18)15(11(3)19)16-17(9)12-5-7-13(20-4)8-6-12/h5-8H,1-4H3. The van der Waals surface area contributed by atoms with Crippen molar-refractivity contribution in [2.75, 3.05) is 7.11 Å². The molecule has 0 amide bonds. The number of hydrogen-bond donors (Lipinski definition) is 0. The van der Waals surface area contributed by atoms with E-state index in [-0.39, 0.29) is 17.3 Å². The van der Waals surface area contributed by atoms with E-state index in [4.69, 9.17) is 4.74 Å². The molecule has 20 heavy (non-hydrogen) atoms. The van der Waals surface area contributed by atoms with Crippen LogP contribution in [0.2, 0.25) is 0 Å². The number of Topliss-reactive ketones (excluding diaryl/α,β-unsaturated/α-hetero) is 2. The highest BCUT2D eigenvalue weighted by Gasteiger charge is 2.21. The zero-order valence-corrected chi connectivity index (χ0v) is 11.9. The molecule has 0 saturated heterocycles. The molecule has 0 spiro atoms. The summed E-state index contributed by atoms with van der Waals surface area (Å²) in [5.74, 6) is 0.357. The average Bonchev–Trinajstić information content (AvgIpc) is 2.77. The molecular weight excluding hydrogens is 256 g/mol. The summed E-state index contributed by atoms with van der Waals surface area (Å²) in [5, 5.41) is 4.26. The Morgan fingerprint density at radius 1 is 1.10 bits per heavy atom. The van der Waals surface area contributed by atoms with E-state index in [0.717, 1.165) is 11.4 Å². The second kappa shape index (κ2) is 5.28. The van der Waals surface area contributed by atoms with Gasteiger partial charge in [-0.25, -0.2) is 4.68 Å². The first-order chi connectivity index (χ1) is 9.45. The van der Waals surface area contributed by atoms with Crippen LogP contribution in [0.25, 0.3) is 5.69 Å². The normalized spacial score (nSPS) is 10.4. The predicted octanol–water partition coefficient (Wildman–Crippen LogP) is 2.59. The van der Waals surface area contributed by atoms with Crippen molar-refractivity contribution in [2.45, 2.75) is 20.8 Å². The van der Waals surface area contributed by atoms with E-state index in [1.165, 1.54) is 13.8 Å². The molecule has 0 aliphatic carbocycles. The molecule has 104 valence electrons. The Hall–Kier alpha value is -2.43. The molecule has 0 saturated carbocycles. The molecular formula is C15H16N2O3. The molecule has 0 aliphatic rings. The third-order valence-corrected chi connectivity index (χ3v) is 3.12. The van der Waals surface area contributed by atoms with Gasteiger partial charge in [0.25, 0.3) is 0 Å². The van der Waals surface area contributed by atoms with Gasteiger partial charge in [-0.15, -0.1) is 0 Å². The number of aromatic nitrogens is 2. The zero-order chi connectivity index (χ0) is 14.9. The number of carbonyl (C=O) groups is 2. The summed E-state index contributed by atoms with van der Waals surface area (Å²) in [5.41, 5.74) is 2.03. The van der Waals surface area contributed by atoms with Gasteiger partial charge in [-0.1, -0.05) is 0 Å². The van der Waals surface area contributed by atoms with Crippen molar-refractivity contribution in [3.8, 4) is 11.4 Å². The number of benzene rings is 1. The fourth-order valence-corrected chi connectivity index (χ4v) is 2.14. The highest BCUT2D eigenvalue weighted by atomic mass is 16.5. The van der Waals surface area contributed by atoms with Crippen LogP contribution in [-0.2, 0) is 0 Å². The number of hydrogen-bond acceptors (Lipinski definition) is 4. The van der Waals surface area contributed by atoms with Gasteiger partial charge < -0.3 is 4.74 Å². The lowest BCUT2D eigenvalue weighted by Crippen LogP contribution is -2.02. The van der Waals surface area contributed by atoms with Crippen LogP contribution in [0, 0.1) is 6.92 Å². The molecule has 5 nitrogen and oxygen atoms in total. The highest BCUT2D eigenvalue weighted by Crippen LogP contribution is 2.21. The molecule has 0 bridgehead atoms. The number of methoxy groups -OCH3 is 1. The molecule has 0 unspecified atom stereocenters. The van der Waals surface area contributed by atoms with Crippen LogP contribution < -0.4 is 4.74 Å². The Morgan fingerprint density at radius 3 is 2.10 bits per heavy atom. The Balaban J connectivity index is 2.59. The van der Waals surface area contributed by atoms with E-state index in [1.54, 1.807) is 30.8 Å². The van der Waals surface area contributed by atoms with Crippen molar-refractivity contribution >= 4 is 11.6 Å². The third-order valence-electron chi connectivity index (χ3n) is 3.12. The summed E-state index contributed by atoms with van der Waals surface area (Å²) in [6, 6.07) is 7.26. The van der Waals surface area contributed by atoms with Gasteiger partial charge in [0.2, 0.25) is 0 Å². The van der Waals surface area contributed by atoms with Gasteiger partial charge in [-0.3, -0.25) is 9.59 Å². The van der Waals surface area contributed by atoms with Crippen LogP contribution >= 0.6 is 0 Å². The van der Waals surface area contributed by atoms with E-state index >= 15 is 0 Å². The summed E-state index contributed by atoms with van der Waals surface area (Å²) < 4.78 is 6.71. The first kappa shape index (κ1) is 14.0. The molecule has 5 heteroatoms. The van der Waals surface area contributed by atoms with Gasteiger partial charge >= 0.3 is 0 Å². The van der Waals surface area contributed by atoms with Crippen LogP contribution in [0.3, 0.4) is 0 Å². The monoisotopic (exact) mass is 272 g/mol. The quantitative estimate of drug-likeness (QED) is 0.803. The molecule has 0 atom stereocenters. The fraction of sp³-hybridized carbons (Fsp3) is 0.267. The summed E-state index contributed by atoms with van der Waals surface area (Å²) in [6.45, 7) is 4.63. The molecule has 1 aromatic carbocycles. The lowest BCUT2D eigenvalue weighted by Gasteiger charge is -2.05. The van der Waals surface area contributed by atoms with Crippen molar-refractivity contribution in [3.63, 3.8) is 0 Å². The Morgan fingerprint density at radius 2 is 1.70 bits per heavy atom. The number of nitrogens with zero attached hydrogens (tertiary/aromatic N) is 2. The second-order valence-corrected chi connectivity index (χ2v) is 4.53. The number of ether oxygens (including phenoxy) is 1. The maximum atomic E-state index is 11.7. The lowest BCUT2D eigenvalue weighted by molar-refractivity contribution is 0.0978. The molecule has 1 aromatic heterocycles. The van der Waals surface area contributed by atoms with Gasteiger partial charge in [0.1, 0.15) is 11.4 Å². The fourth-order valence-electron chi connectivity index (χ4n) is 2.14. The van der Waals surface area contributed by atoms with Gasteiger partial charge in [0.15, 0.2) is 11.6 Å². The first-order valence-corrected chi connectivity index (χ1v) is 6.21. The van der Waals surface area contributed by atoms with Crippen molar-refractivity contribution < 1.29 is 14.3 Å². The van der Waals surface area contributed by atoms with Crippen LogP contribution in [0.4, 0.5) is 0 Å². The zero-order valence-electron chi connectivity index (χ0n) is 11.9. The first-order valence-electron chi connectivity index (χ1n) is 6.21. The SMILES string of the molecule is COc1ccc(-n2nc(C(C)=O)c(C(C)=O)c2C)cc1. The minimum atomic E-state index is -0.217. The van der Waals surface area contributed by atoms with Crippen LogP contribution in [-0.4, -0.2) is 28.5 Å². The molecule has 0 radical (unpaired) electrons. The maximum absolute atomic E-state index is 11.7. The summed E-state index contributed by atoms with van der Waals surface area (Å²) in [4.78, 5) is 23.3. The van der Waals surface area contributed by atoms with E-state index in [2.05, 4.69) is 5.10 Å². The van der Waals surface area contributed by atoms with E-state index in [9.17, 15) is 9.59 Å². The van der Waals surface area contributed by atoms with Crippen molar-refractivity contribution in [3.05, 3.63) is 41.2 Å². The number of rotatable bonds is 4. The van der Waals surface area contributed by atoms with E-state index in [1.807, 2.05) is 12.1 Å². The van der Waals surface area contributed by atoms with Gasteiger partial charge in [0, 0.05) is 6.92 Å². The Kier molecular flexibility index (Phi) is 3.70. The topological polar surface area (TPSA) is 61.2 Å². The lowest BCUT2D eigenvalue weighted by atomic mass is 10.1. The van der Waals surface area contributed by atoms with Crippen molar-refractivity contribution in [2.24, 2.45) is 0 Å². The van der Waals surface area contributed by atoms with E-state index in [0.29, 0.717) is 11.3 Å². The Labute approximate surface area is 117 Å². The molecule has 0 fully saturated rings. The van der Waals surface area contributed by atoms with Crippen LogP contribution in [0.5, 0.6) is 5.75 Å². The highest BCUT2D eigenvalue weighted by molar-refractivity contribution is 6.06. The van der Waals surface area contributed by atoms with Gasteiger partial charge in [-0.2, -0.15) is 5.10 Å². The number of carbonyl (C=O) groups excluding carboxylic acids is 2. The van der Waals surface area contributed by atoms with Crippen LogP contribution in [0.1, 0.15) is 40.4 Å². The van der Waals surface area contributed by atoms with Crippen molar-refractivity contribution in [1.82, 2.24) is 9.78 Å².